The molecule has 2 aromatic rings. The molecule has 3 amide bonds. The third kappa shape index (κ3) is 4.13. The average Bonchev–Trinajstić information content (AvgIpc) is 2.94. The van der Waals surface area contributed by atoms with Crippen molar-refractivity contribution in [3.8, 4) is 0 Å². The lowest BCUT2D eigenvalue weighted by molar-refractivity contribution is -0.384. The van der Waals surface area contributed by atoms with Gasteiger partial charge in [0.2, 0.25) is 5.82 Å². The monoisotopic (exact) mass is 424 g/mol. The predicted octanol–water partition coefficient (Wildman–Crippen LogP) is 3.28. The number of aromatic nitrogens is 2. The number of carbonyl (C=O) groups excluding carboxylic acids is 3. The zero-order valence-electron chi connectivity index (χ0n) is 13.9. The molecule has 1 fully saturated rings. The van der Waals surface area contributed by atoms with Crippen LogP contribution in [0.5, 0.6) is 0 Å². The first-order valence-electron chi connectivity index (χ1n) is 7.54. The van der Waals surface area contributed by atoms with E-state index in [0.717, 1.165) is 42.7 Å². The van der Waals surface area contributed by atoms with Crippen LogP contribution in [-0.4, -0.2) is 36.8 Å². The van der Waals surface area contributed by atoms with Crippen LogP contribution in [0.2, 0.25) is 0 Å². The Morgan fingerprint density at radius 2 is 1.72 bits per heavy atom. The second-order valence-electron chi connectivity index (χ2n) is 5.46. The molecule has 9 nitrogen and oxygen atoms in total. The number of nitrogens with zero attached hydrogens (tertiary/aromatic N) is 4. The highest BCUT2D eigenvalue weighted by molar-refractivity contribution is 8.18. The third-order valence-electron chi connectivity index (χ3n) is 3.54. The van der Waals surface area contributed by atoms with Gasteiger partial charge < -0.3 is 0 Å². The number of halogens is 3. The van der Waals surface area contributed by atoms with Crippen LogP contribution >= 0.6 is 11.8 Å². The number of hydrogen-bond donors (Lipinski definition) is 0. The quantitative estimate of drug-likeness (QED) is 0.318. The second kappa shape index (κ2) is 7.43. The van der Waals surface area contributed by atoms with Gasteiger partial charge in [0.1, 0.15) is 0 Å². The minimum atomic E-state index is -4.73. The number of thioether (sulfide) groups is 1. The van der Waals surface area contributed by atoms with E-state index in [-0.39, 0.29) is 21.7 Å². The smallest absolute Gasteiger partial charge is 0.268 e. The van der Waals surface area contributed by atoms with Gasteiger partial charge >= 0.3 is 11.4 Å². The van der Waals surface area contributed by atoms with Gasteiger partial charge in [-0.15, -0.1) is 0 Å². The van der Waals surface area contributed by atoms with Crippen LogP contribution in [0.15, 0.2) is 41.6 Å². The summed E-state index contributed by atoms with van der Waals surface area (Å²) in [4.78, 5) is 53.3. The molecular weight excluding hydrogens is 417 g/mol. The van der Waals surface area contributed by atoms with E-state index in [1.807, 2.05) is 0 Å². The van der Waals surface area contributed by atoms with E-state index >= 15 is 0 Å². The zero-order valence-corrected chi connectivity index (χ0v) is 14.7. The Morgan fingerprint density at radius 3 is 2.24 bits per heavy atom. The maximum Gasteiger partial charge on any atom is 0.451 e. The van der Waals surface area contributed by atoms with Crippen molar-refractivity contribution >= 4 is 40.6 Å². The van der Waals surface area contributed by atoms with Gasteiger partial charge in [-0.05, 0) is 30.0 Å². The number of benzene rings is 1. The summed E-state index contributed by atoms with van der Waals surface area (Å²) in [5, 5.41) is 9.73. The van der Waals surface area contributed by atoms with Gasteiger partial charge in [-0.1, -0.05) is 0 Å². The number of carbonyl (C=O) groups is 3. The number of non-ortho nitro benzene ring substituents is 1. The topological polar surface area (TPSA) is 123 Å². The van der Waals surface area contributed by atoms with E-state index in [0.29, 0.717) is 16.7 Å². The van der Waals surface area contributed by atoms with Crippen molar-refractivity contribution in [2.45, 2.75) is 6.18 Å². The SMILES string of the molecule is O=C1S/C(=C\c2cnc(C(F)(F)F)nc2)C(=O)N1C(=O)c1ccc([N+](=O)[O-])cc1. The number of nitro groups is 1. The van der Waals surface area contributed by atoms with Crippen LogP contribution in [0.1, 0.15) is 21.7 Å². The lowest BCUT2D eigenvalue weighted by Crippen LogP contribution is -2.34. The molecule has 148 valence electrons. The Morgan fingerprint density at radius 1 is 1.14 bits per heavy atom. The number of rotatable bonds is 3. The van der Waals surface area contributed by atoms with Crippen LogP contribution in [-0.2, 0) is 11.0 Å². The van der Waals surface area contributed by atoms with E-state index in [4.69, 9.17) is 0 Å². The molecular formula is C16H7F3N4O5S. The summed E-state index contributed by atoms with van der Waals surface area (Å²) in [6, 6.07) is 4.28. The normalized spacial score (nSPS) is 15.8. The minimum Gasteiger partial charge on any atom is -0.268 e. The van der Waals surface area contributed by atoms with Crippen molar-refractivity contribution in [3.63, 3.8) is 0 Å². The van der Waals surface area contributed by atoms with Crippen molar-refractivity contribution < 1.29 is 32.5 Å². The van der Waals surface area contributed by atoms with E-state index < -0.39 is 34.0 Å². The third-order valence-corrected chi connectivity index (χ3v) is 4.41. The standard InChI is InChI=1S/C16H7F3N4O5S/c17-16(18,19)14-20-6-8(7-21-14)5-11-13(25)22(15(26)29-11)12(24)9-1-3-10(4-2-9)23(27)28/h1-7H/b11-5-. The maximum absolute atomic E-state index is 12.5. The largest absolute Gasteiger partial charge is 0.451 e. The molecule has 1 aliphatic heterocycles. The van der Waals surface area contributed by atoms with Gasteiger partial charge in [-0.2, -0.15) is 13.2 Å². The average molecular weight is 424 g/mol. The fourth-order valence-corrected chi connectivity index (χ4v) is 3.03. The molecule has 0 unspecified atom stereocenters. The van der Waals surface area contributed by atoms with Crippen LogP contribution in [0.25, 0.3) is 6.08 Å². The fourth-order valence-electron chi connectivity index (χ4n) is 2.21. The number of amides is 3. The molecule has 29 heavy (non-hydrogen) atoms. The van der Waals surface area contributed by atoms with Crippen LogP contribution in [0, 0.1) is 10.1 Å². The first-order chi connectivity index (χ1) is 13.6. The molecule has 1 aromatic heterocycles. The van der Waals surface area contributed by atoms with Crippen molar-refractivity contribution in [3.05, 3.63) is 68.6 Å². The molecule has 2 heterocycles. The maximum atomic E-state index is 12.5. The molecule has 13 heteroatoms. The molecule has 0 spiro atoms. The van der Waals surface area contributed by atoms with Gasteiger partial charge in [0.25, 0.3) is 17.5 Å². The zero-order chi connectivity index (χ0) is 21.3. The highest BCUT2D eigenvalue weighted by Gasteiger charge is 2.40. The summed E-state index contributed by atoms with van der Waals surface area (Å²) in [6.07, 6.45) is -2.01. The Kier molecular flexibility index (Phi) is 5.16. The Hall–Kier alpha value is -3.61. The van der Waals surface area contributed by atoms with Gasteiger partial charge in [0, 0.05) is 35.7 Å². The van der Waals surface area contributed by atoms with Crippen molar-refractivity contribution in [2.24, 2.45) is 0 Å². The fraction of sp³-hybridized carbons (Fsp3) is 0.0625. The number of hydrogen-bond acceptors (Lipinski definition) is 8. The van der Waals surface area contributed by atoms with Crippen molar-refractivity contribution in [1.29, 1.82) is 0 Å². The van der Waals surface area contributed by atoms with E-state index in [1.165, 1.54) is 0 Å². The summed E-state index contributed by atoms with van der Waals surface area (Å²) in [5.41, 5.74) is -0.388. The van der Waals surface area contributed by atoms with E-state index in [2.05, 4.69) is 9.97 Å². The first-order valence-corrected chi connectivity index (χ1v) is 8.35. The summed E-state index contributed by atoms with van der Waals surface area (Å²) in [7, 11) is 0. The number of alkyl halides is 3. The van der Waals surface area contributed by atoms with Crippen LogP contribution < -0.4 is 0 Å². The number of nitro benzene ring substituents is 1. The first kappa shape index (κ1) is 20.1. The van der Waals surface area contributed by atoms with E-state index in [9.17, 15) is 37.7 Å². The highest BCUT2D eigenvalue weighted by Crippen LogP contribution is 2.33. The molecule has 0 atom stereocenters. The molecule has 0 radical (unpaired) electrons. The van der Waals surface area contributed by atoms with Gasteiger partial charge in [-0.25, -0.2) is 14.9 Å². The van der Waals surface area contributed by atoms with E-state index in [1.54, 1.807) is 0 Å². The molecule has 0 saturated carbocycles. The Bertz CT molecular complexity index is 1050. The molecule has 1 saturated heterocycles. The van der Waals surface area contributed by atoms with Gasteiger partial charge in [0.15, 0.2) is 0 Å². The summed E-state index contributed by atoms with van der Waals surface area (Å²) >= 11 is 0.409. The van der Waals surface area contributed by atoms with Crippen LogP contribution in [0.4, 0.5) is 23.7 Å². The Balaban J connectivity index is 1.82. The Labute approximate surface area is 163 Å². The minimum absolute atomic E-state index is 0.0197. The van der Waals surface area contributed by atoms with Crippen LogP contribution in [0.3, 0.4) is 0 Å². The molecule has 0 bridgehead atoms. The molecule has 1 aliphatic rings. The highest BCUT2D eigenvalue weighted by atomic mass is 32.2. The second-order valence-corrected chi connectivity index (χ2v) is 6.46. The molecule has 3 rings (SSSR count). The molecule has 0 aliphatic carbocycles. The predicted molar refractivity (Wildman–Crippen MR) is 92.3 cm³/mol. The number of imide groups is 3. The summed E-state index contributed by atoms with van der Waals surface area (Å²) in [5.74, 6) is -3.34. The van der Waals surface area contributed by atoms with Gasteiger partial charge in [-0.3, -0.25) is 24.5 Å². The molecule has 0 N–H and O–H groups in total. The summed E-state index contributed by atoms with van der Waals surface area (Å²) in [6.45, 7) is 0. The lowest BCUT2D eigenvalue weighted by Gasteiger charge is -2.10. The lowest BCUT2D eigenvalue weighted by atomic mass is 10.2. The van der Waals surface area contributed by atoms with Crippen molar-refractivity contribution in [1.82, 2.24) is 14.9 Å². The summed E-state index contributed by atoms with van der Waals surface area (Å²) < 4.78 is 37.5. The molecule has 1 aromatic carbocycles. The van der Waals surface area contributed by atoms with Crippen molar-refractivity contribution in [2.75, 3.05) is 0 Å². The van der Waals surface area contributed by atoms with Gasteiger partial charge in [0.05, 0.1) is 9.83 Å².